The van der Waals surface area contributed by atoms with Gasteiger partial charge in [0.05, 0.1) is 26.9 Å². The lowest BCUT2D eigenvalue weighted by Gasteiger charge is -2.24. The largest absolute Gasteiger partial charge is 0.459 e. The third kappa shape index (κ3) is 5.23. The molecule has 1 aliphatic heterocycles. The van der Waals surface area contributed by atoms with E-state index in [4.69, 9.17) is 27.9 Å². The summed E-state index contributed by atoms with van der Waals surface area (Å²) in [6, 6.07) is 6.12. The highest BCUT2D eigenvalue weighted by Crippen LogP contribution is 2.33. The van der Waals surface area contributed by atoms with E-state index in [1.807, 2.05) is 0 Å². The van der Waals surface area contributed by atoms with Gasteiger partial charge in [-0.2, -0.15) is 0 Å². The molecular weight excluding hydrogens is 472 g/mol. The molecule has 11 heteroatoms. The Kier molecular flexibility index (Phi) is 6.68. The molecule has 0 saturated carbocycles. The van der Waals surface area contributed by atoms with Crippen LogP contribution in [0.1, 0.15) is 32.7 Å². The summed E-state index contributed by atoms with van der Waals surface area (Å²) in [7, 11) is -3.51. The monoisotopic (exact) mass is 487 g/mol. The van der Waals surface area contributed by atoms with E-state index in [1.54, 1.807) is 0 Å². The predicted molar refractivity (Wildman–Crippen MR) is 111 cm³/mol. The van der Waals surface area contributed by atoms with Gasteiger partial charge in [-0.15, -0.1) is 0 Å². The van der Waals surface area contributed by atoms with Gasteiger partial charge in [0.15, 0.2) is 0 Å². The van der Waals surface area contributed by atoms with Gasteiger partial charge in [0, 0.05) is 6.26 Å². The minimum absolute atomic E-state index is 0.0462. The van der Waals surface area contributed by atoms with Gasteiger partial charge < -0.3 is 4.74 Å². The number of carbonyl (C=O) groups is 3. The maximum Gasteiger partial charge on any atom is 0.329 e. The van der Waals surface area contributed by atoms with Gasteiger partial charge in [0.2, 0.25) is 0 Å². The van der Waals surface area contributed by atoms with Gasteiger partial charge in [0.1, 0.15) is 28.3 Å². The van der Waals surface area contributed by atoms with Crippen LogP contribution in [-0.4, -0.2) is 49.2 Å². The van der Waals surface area contributed by atoms with E-state index in [0.717, 1.165) is 6.26 Å². The van der Waals surface area contributed by atoms with E-state index in [0.29, 0.717) is 10.5 Å². The quantitative estimate of drug-likeness (QED) is 0.439. The van der Waals surface area contributed by atoms with Crippen LogP contribution in [0.25, 0.3) is 0 Å². The molecule has 3 rings (SSSR count). The van der Waals surface area contributed by atoms with E-state index in [9.17, 15) is 27.2 Å². The first-order valence-electron chi connectivity index (χ1n) is 8.93. The van der Waals surface area contributed by atoms with Gasteiger partial charge in [-0.25, -0.2) is 17.6 Å². The number of imide groups is 1. The molecule has 2 aromatic carbocycles. The third-order valence-corrected chi connectivity index (χ3v) is 6.30. The van der Waals surface area contributed by atoms with E-state index in [-0.39, 0.29) is 34.2 Å². The van der Waals surface area contributed by atoms with E-state index in [2.05, 4.69) is 0 Å². The first-order valence-corrected chi connectivity index (χ1v) is 11.8. The van der Waals surface area contributed by atoms with Crippen LogP contribution < -0.4 is 0 Å². The van der Waals surface area contributed by atoms with Crippen molar-refractivity contribution in [3.8, 4) is 0 Å². The lowest BCUT2D eigenvalue weighted by atomic mass is 10.1. The number of hydrogen-bond acceptors (Lipinski definition) is 6. The van der Waals surface area contributed by atoms with Crippen molar-refractivity contribution in [1.29, 1.82) is 0 Å². The highest BCUT2D eigenvalue weighted by Gasteiger charge is 2.44. The summed E-state index contributed by atoms with van der Waals surface area (Å²) in [4.78, 5) is 39.2. The number of sulfone groups is 1. The lowest BCUT2D eigenvalue weighted by molar-refractivity contribution is -0.149. The summed E-state index contributed by atoms with van der Waals surface area (Å²) in [6.07, 6.45) is 0.615. The Morgan fingerprint density at radius 3 is 2.06 bits per heavy atom. The molecule has 0 saturated heterocycles. The molecule has 0 N–H and O–H groups in total. The van der Waals surface area contributed by atoms with Crippen molar-refractivity contribution in [1.82, 2.24) is 4.90 Å². The maximum absolute atomic E-state index is 13.0. The second-order valence-electron chi connectivity index (χ2n) is 6.96. The number of hydrogen-bond donors (Lipinski definition) is 0. The van der Waals surface area contributed by atoms with Crippen LogP contribution in [0, 0.1) is 5.82 Å². The average Bonchev–Trinajstić information content (AvgIpc) is 2.92. The fourth-order valence-corrected chi connectivity index (χ4v) is 4.02. The fourth-order valence-electron chi connectivity index (χ4n) is 3.04. The van der Waals surface area contributed by atoms with Gasteiger partial charge >= 0.3 is 5.97 Å². The predicted octanol–water partition coefficient (Wildman–Crippen LogP) is 3.28. The number of fused-ring (bicyclic) bond motifs is 1. The second-order valence-corrected chi connectivity index (χ2v) is 10.0. The van der Waals surface area contributed by atoms with Crippen molar-refractivity contribution in [3.63, 3.8) is 0 Å². The number of nitrogens with zero attached hydrogens (tertiary/aromatic N) is 1. The Bertz CT molecular complexity index is 1130. The van der Waals surface area contributed by atoms with Crippen LogP contribution >= 0.6 is 23.2 Å². The smallest absolute Gasteiger partial charge is 0.329 e. The number of ether oxygens (including phenoxy) is 1. The summed E-state index contributed by atoms with van der Waals surface area (Å²) in [6.45, 7) is -0.255. The standard InChI is InChI=1S/C20H16Cl2FNO6S/c1-31(28,29)7-6-17(20(27)30-10-11-2-4-12(23)5-3-11)24-18(25)13-8-15(21)16(22)9-14(13)19(24)26/h2-5,8-9,17H,6-7,10H2,1H3. The van der Waals surface area contributed by atoms with Crippen LogP contribution in [0.5, 0.6) is 0 Å². The minimum Gasteiger partial charge on any atom is -0.459 e. The molecule has 1 aliphatic rings. The first-order chi connectivity index (χ1) is 14.5. The lowest BCUT2D eigenvalue weighted by Crippen LogP contribution is -2.46. The van der Waals surface area contributed by atoms with Crippen molar-refractivity contribution in [2.24, 2.45) is 0 Å². The molecule has 1 unspecified atom stereocenters. The molecule has 1 atom stereocenters. The number of esters is 1. The summed E-state index contributed by atoms with van der Waals surface area (Å²) in [5, 5.41) is 0.102. The van der Waals surface area contributed by atoms with Crippen LogP contribution in [0.15, 0.2) is 36.4 Å². The number of halogens is 3. The van der Waals surface area contributed by atoms with Crippen molar-refractivity contribution >= 4 is 50.8 Å². The van der Waals surface area contributed by atoms with Crippen molar-refractivity contribution in [2.45, 2.75) is 19.1 Å². The summed E-state index contributed by atoms with van der Waals surface area (Å²) in [5.74, 6) is -3.52. The fraction of sp³-hybridized carbons (Fsp3) is 0.250. The Morgan fingerprint density at radius 2 is 1.58 bits per heavy atom. The molecule has 31 heavy (non-hydrogen) atoms. The zero-order valence-electron chi connectivity index (χ0n) is 16.1. The molecule has 7 nitrogen and oxygen atoms in total. The van der Waals surface area contributed by atoms with Gasteiger partial charge in [0.25, 0.3) is 11.8 Å². The molecule has 0 spiro atoms. The molecule has 0 fully saturated rings. The van der Waals surface area contributed by atoms with E-state index < -0.39 is 45.2 Å². The number of rotatable bonds is 7. The van der Waals surface area contributed by atoms with E-state index >= 15 is 0 Å². The molecule has 0 aliphatic carbocycles. The van der Waals surface area contributed by atoms with Gasteiger partial charge in [-0.05, 0) is 36.2 Å². The number of carbonyl (C=O) groups excluding carboxylic acids is 3. The van der Waals surface area contributed by atoms with E-state index in [1.165, 1.54) is 36.4 Å². The second kappa shape index (κ2) is 8.94. The first kappa shape index (κ1) is 23.2. The molecule has 164 valence electrons. The highest BCUT2D eigenvalue weighted by atomic mass is 35.5. The Morgan fingerprint density at radius 1 is 1.06 bits per heavy atom. The maximum atomic E-state index is 13.0. The topological polar surface area (TPSA) is 97.8 Å². The van der Waals surface area contributed by atoms with Crippen LogP contribution in [-0.2, 0) is 26.0 Å². The SMILES string of the molecule is CS(=O)(=O)CCC(C(=O)OCc1ccc(F)cc1)N1C(=O)c2cc(Cl)c(Cl)cc2C1=O. The van der Waals surface area contributed by atoms with Gasteiger partial charge in [-0.3, -0.25) is 14.5 Å². The Hall–Kier alpha value is -2.49. The number of benzene rings is 2. The molecule has 0 aromatic heterocycles. The summed E-state index contributed by atoms with van der Waals surface area (Å²) < 4.78 is 41.5. The third-order valence-electron chi connectivity index (χ3n) is 4.60. The Balaban J connectivity index is 1.87. The zero-order valence-corrected chi connectivity index (χ0v) is 18.4. The summed E-state index contributed by atoms with van der Waals surface area (Å²) >= 11 is 11.9. The molecule has 2 amide bonds. The van der Waals surface area contributed by atoms with Gasteiger partial charge in [-0.1, -0.05) is 35.3 Å². The number of amides is 2. The Labute approximate surface area is 187 Å². The molecule has 2 aromatic rings. The zero-order chi connectivity index (χ0) is 22.9. The molecule has 0 radical (unpaired) electrons. The van der Waals surface area contributed by atoms with Crippen molar-refractivity contribution in [2.75, 3.05) is 12.0 Å². The normalized spacial score (nSPS) is 14.5. The van der Waals surface area contributed by atoms with Crippen LogP contribution in [0.4, 0.5) is 4.39 Å². The molecule has 0 bridgehead atoms. The summed E-state index contributed by atoms with van der Waals surface area (Å²) in [5.41, 5.74) is 0.378. The average molecular weight is 488 g/mol. The van der Waals surface area contributed by atoms with Crippen LogP contribution in [0.2, 0.25) is 10.0 Å². The minimum atomic E-state index is -3.51. The highest BCUT2D eigenvalue weighted by molar-refractivity contribution is 7.90. The van der Waals surface area contributed by atoms with Crippen molar-refractivity contribution < 1.29 is 31.9 Å². The molecule has 1 heterocycles. The van der Waals surface area contributed by atoms with Crippen LogP contribution in [0.3, 0.4) is 0 Å². The molecular formula is C20H16Cl2FNO6S. The van der Waals surface area contributed by atoms with Crippen molar-refractivity contribution in [3.05, 3.63) is 69.0 Å².